The molecule has 0 aliphatic carbocycles. The third-order valence-electron chi connectivity index (χ3n) is 3.39. The number of ether oxygens (including phenoxy) is 1. The van der Waals surface area contributed by atoms with Crippen molar-refractivity contribution < 1.29 is 14.3 Å². The molecule has 4 N–H and O–H groups in total. The molecule has 2 atom stereocenters. The number of nitrogens with two attached hydrogens (primary N) is 1. The average molecular weight is 321 g/mol. The van der Waals surface area contributed by atoms with E-state index in [2.05, 4.69) is 10.6 Å². The van der Waals surface area contributed by atoms with Gasteiger partial charge in [0.15, 0.2) is 0 Å². The van der Waals surface area contributed by atoms with Gasteiger partial charge in [0.2, 0.25) is 11.8 Å². The highest BCUT2D eigenvalue weighted by molar-refractivity contribution is 5.87. The van der Waals surface area contributed by atoms with Crippen LogP contribution in [0.4, 0.5) is 0 Å². The molecule has 0 spiro atoms. The highest BCUT2D eigenvalue weighted by atomic mass is 16.5. The first kappa shape index (κ1) is 19.0. The van der Waals surface area contributed by atoms with Gasteiger partial charge in [0.1, 0.15) is 11.9 Å². The van der Waals surface area contributed by atoms with Gasteiger partial charge in [-0.1, -0.05) is 31.5 Å². The Morgan fingerprint density at radius 1 is 1.13 bits per heavy atom. The van der Waals surface area contributed by atoms with Crippen LogP contribution in [0.3, 0.4) is 0 Å². The summed E-state index contributed by atoms with van der Waals surface area (Å²) >= 11 is 0. The smallest absolute Gasteiger partial charge is 0.239 e. The summed E-state index contributed by atoms with van der Waals surface area (Å²) in [6.45, 7) is 7.86. The molecule has 0 radical (unpaired) electrons. The van der Waals surface area contributed by atoms with E-state index in [1.54, 1.807) is 0 Å². The van der Waals surface area contributed by atoms with Crippen molar-refractivity contribution in [3.05, 3.63) is 29.8 Å². The monoisotopic (exact) mass is 321 g/mol. The Morgan fingerprint density at radius 3 is 2.30 bits per heavy atom. The Balaban J connectivity index is 2.27. The maximum Gasteiger partial charge on any atom is 0.239 e. The Morgan fingerprint density at radius 2 is 1.74 bits per heavy atom. The zero-order valence-corrected chi connectivity index (χ0v) is 14.3. The van der Waals surface area contributed by atoms with Crippen LogP contribution >= 0.6 is 0 Å². The van der Waals surface area contributed by atoms with Crippen molar-refractivity contribution in [3.8, 4) is 5.75 Å². The van der Waals surface area contributed by atoms with Crippen LogP contribution in [0.25, 0.3) is 0 Å². The minimum absolute atomic E-state index is 0.0287. The van der Waals surface area contributed by atoms with E-state index in [-0.39, 0.29) is 30.4 Å². The van der Waals surface area contributed by atoms with Crippen LogP contribution in [0, 0.1) is 12.8 Å². The first-order valence-electron chi connectivity index (χ1n) is 7.83. The molecule has 128 valence electrons. The van der Waals surface area contributed by atoms with Crippen LogP contribution in [0.5, 0.6) is 5.75 Å². The van der Waals surface area contributed by atoms with Gasteiger partial charge in [-0.05, 0) is 31.9 Å². The van der Waals surface area contributed by atoms with E-state index in [4.69, 9.17) is 10.5 Å². The zero-order valence-electron chi connectivity index (χ0n) is 14.3. The molecule has 6 nitrogen and oxygen atoms in total. The zero-order chi connectivity index (χ0) is 17.4. The number of hydrogen-bond acceptors (Lipinski definition) is 4. The number of carbonyl (C=O) groups excluding carboxylic acids is 2. The first-order chi connectivity index (χ1) is 10.8. The van der Waals surface area contributed by atoms with E-state index in [0.29, 0.717) is 6.54 Å². The number of carbonyl (C=O) groups is 2. The van der Waals surface area contributed by atoms with Gasteiger partial charge in [-0.2, -0.15) is 0 Å². The van der Waals surface area contributed by atoms with Gasteiger partial charge >= 0.3 is 0 Å². The normalized spacial score (nSPS) is 13.3. The number of rotatable bonds is 8. The van der Waals surface area contributed by atoms with Gasteiger partial charge in [-0.25, -0.2) is 0 Å². The van der Waals surface area contributed by atoms with E-state index in [1.165, 1.54) is 0 Å². The molecule has 6 heteroatoms. The lowest BCUT2D eigenvalue weighted by atomic mass is 10.1. The second-order valence-electron chi connectivity index (χ2n) is 6.03. The van der Waals surface area contributed by atoms with Gasteiger partial charge in [0, 0.05) is 0 Å². The van der Waals surface area contributed by atoms with Gasteiger partial charge in [0.05, 0.1) is 19.1 Å². The molecule has 23 heavy (non-hydrogen) atoms. The van der Waals surface area contributed by atoms with Crippen molar-refractivity contribution in [1.29, 1.82) is 0 Å². The summed E-state index contributed by atoms with van der Waals surface area (Å²) in [5, 5.41) is 5.24. The molecule has 0 saturated heterocycles. The minimum atomic E-state index is -0.605. The number of nitrogens with one attached hydrogen (secondary N) is 2. The van der Waals surface area contributed by atoms with Crippen molar-refractivity contribution in [2.75, 3.05) is 13.1 Å². The second kappa shape index (κ2) is 9.15. The van der Waals surface area contributed by atoms with Crippen molar-refractivity contribution in [2.45, 2.75) is 39.8 Å². The van der Waals surface area contributed by atoms with Crippen molar-refractivity contribution in [3.63, 3.8) is 0 Å². The molecule has 1 aromatic rings. The first-order valence-corrected chi connectivity index (χ1v) is 7.83. The quantitative estimate of drug-likeness (QED) is 0.665. The molecular formula is C17H27N3O3. The van der Waals surface area contributed by atoms with Crippen LogP contribution in [0.15, 0.2) is 24.3 Å². The highest BCUT2D eigenvalue weighted by Gasteiger charge is 2.17. The minimum Gasteiger partial charge on any atom is -0.489 e. The van der Waals surface area contributed by atoms with E-state index in [9.17, 15) is 9.59 Å². The molecular weight excluding hydrogens is 294 g/mol. The summed E-state index contributed by atoms with van der Waals surface area (Å²) in [6, 6.07) is 7.11. The van der Waals surface area contributed by atoms with Crippen LogP contribution in [-0.4, -0.2) is 37.0 Å². The lowest BCUT2D eigenvalue weighted by Gasteiger charge is -2.17. The third kappa shape index (κ3) is 7.15. The predicted molar refractivity (Wildman–Crippen MR) is 90.1 cm³/mol. The van der Waals surface area contributed by atoms with Gasteiger partial charge in [-0.15, -0.1) is 0 Å². The predicted octanol–water partition coefficient (Wildman–Crippen LogP) is 0.978. The van der Waals surface area contributed by atoms with E-state index in [1.807, 2.05) is 52.0 Å². The SMILES string of the molecule is Cc1ccc(OC(C)CNC(=O)CNC(=O)[C@@H](N)C(C)C)cc1. The fraction of sp³-hybridized carbons (Fsp3) is 0.529. The maximum atomic E-state index is 11.7. The molecule has 2 amide bonds. The van der Waals surface area contributed by atoms with Crippen molar-refractivity contribution in [2.24, 2.45) is 11.7 Å². The third-order valence-corrected chi connectivity index (χ3v) is 3.39. The van der Waals surface area contributed by atoms with Crippen LogP contribution in [-0.2, 0) is 9.59 Å². The molecule has 1 aromatic carbocycles. The largest absolute Gasteiger partial charge is 0.489 e. The number of aryl methyl sites for hydroxylation is 1. The molecule has 0 heterocycles. The van der Waals surface area contributed by atoms with Crippen LogP contribution in [0.1, 0.15) is 26.3 Å². The molecule has 0 aromatic heterocycles. The summed E-state index contributed by atoms with van der Waals surface area (Å²) in [7, 11) is 0. The lowest BCUT2D eigenvalue weighted by Crippen LogP contribution is -2.47. The molecule has 0 fully saturated rings. The molecule has 0 aliphatic rings. The molecule has 0 saturated carbocycles. The second-order valence-corrected chi connectivity index (χ2v) is 6.03. The van der Waals surface area contributed by atoms with E-state index in [0.717, 1.165) is 11.3 Å². The van der Waals surface area contributed by atoms with Crippen LogP contribution in [0.2, 0.25) is 0 Å². The van der Waals surface area contributed by atoms with E-state index < -0.39 is 6.04 Å². The van der Waals surface area contributed by atoms with Gasteiger partial charge in [-0.3, -0.25) is 9.59 Å². The van der Waals surface area contributed by atoms with Gasteiger partial charge in [0.25, 0.3) is 0 Å². The van der Waals surface area contributed by atoms with Crippen LogP contribution < -0.4 is 21.1 Å². The fourth-order valence-corrected chi connectivity index (χ4v) is 1.80. The lowest BCUT2D eigenvalue weighted by molar-refractivity contribution is -0.127. The van der Waals surface area contributed by atoms with Crippen molar-refractivity contribution >= 4 is 11.8 Å². The topological polar surface area (TPSA) is 93.5 Å². The summed E-state index contributed by atoms with van der Waals surface area (Å²) in [5.74, 6) is 0.197. The maximum absolute atomic E-state index is 11.7. The summed E-state index contributed by atoms with van der Waals surface area (Å²) in [6.07, 6.45) is -0.171. The fourth-order valence-electron chi connectivity index (χ4n) is 1.80. The average Bonchev–Trinajstić information content (AvgIpc) is 2.51. The summed E-state index contributed by atoms with van der Waals surface area (Å²) < 4.78 is 5.69. The Labute approximate surface area is 137 Å². The number of amides is 2. The van der Waals surface area contributed by atoms with Crippen molar-refractivity contribution in [1.82, 2.24) is 10.6 Å². The number of hydrogen-bond donors (Lipinski definition) is 3. The summed E-state index contributed by atoms with van der Waals surface area (Å²) in [4.78, 5) is 23.4. The van der Waals surface area contributed by atoms with Gasteiger partial charge < -0.3 is 21.1 Å². The molecule has 1 unspecified atom stereocenters. The molecule has 1 rings (SSSR count). The molecule has 0 bridgehead atoms. The molecule has 0 aliphatic heterocycles. The standard InChI is InChI=1S/C17H27N3O3/c1-11(2)16(18)17(22)20-10-15(21)19-9-13(4)23-14-7-5-12(3)6-8-14/h5-8,11,13,16H,9-10,18H2,1-4H3,(H,19,21)(H,20,22)/t13?,16-/m0/s1. The number of benzene rings is 1. The Bertz CT molecular complexity index is 514. The summed E-state index contributed by atoms with van der Waals surface area (Å²) in [5.41, 5.74) is 6.86. The Hall–Kier alpha value is -2.08. The van der Waals surface area contributed by atoms with E-state index >= 15 is 0 Å². The highest BCUT2D eigenvalue weighted by Crippen LogP contribution is 2.12. The Kier molecular flexibility index (Phi) is 7.54.